The van der Waals surface area contributed by atoms with E-state index in [0.717, 1.165) is 29.7 Å². The van der Waals surface area contributed by atoms with Crippen LogP contribution < -0.4 is 5.32 Å². The van der Waals surface area contributed by atoms with Gasteiger partial charge < -0.3 is 10.1 Å². The first-order chi connectivity index (χ1) is 11.3. The van der Waals surface area contributed by atoms with E-state index in [2.05, 4.69) is 5.32 Å². The molecule has 1 amide bonds. The van der Waals surface area contributed by atoms with E-state index < -0.39 is 10.0 Å². The van der Waals surface area contributed by atoms with Crippen molar-refractivity contribution in [2.75, 3.05) is 31.3 Å². The van der Waals surface area contributed by atoms with Crippen LogP contribution in [0, 0.1) is 13.8 Å². The van der Waals surface area contributed by atoms with E-state index in [1.54, 1.807) is 0 Å². The van der Waals surface area contributed by atoms with Gasteiger partial charge in [-0.15, -0.1) is 0 Å². The number of carbonyl (C=O) groups is 1. The molecule has 1 fully saturated rings. The summed E-state index contributed by atoms with van der Waals surface area (Å²) in [6.45, 7) is 5.08. The number of rotatable bonds is 7. The molecule has 2 rings (SSSR count). The summed E-state index contributed by atoms with van der Waals surface area (Å²) < 4.78 is 30.7. The smallest absolute Gasteiger partial charge is 0.225 e. The lowest BCUT2D eigenvalue weighted by molar-refractivity contribution is -0.116. The quantitative estimate of drug-likeness (QED) is 0.813. The number of anilines is 1. The van der Waals surface area contributed by atoms with E-state index in [-0.39, 0.29) is 25.0 Å². The fourth-order valence-corrected chi connectivity index (χ4v) is 3.66. The molecule has 7 heteroatoms. The van der Waals surface area contributed by atoms with Gasteiger partial charge in [-0.1, -0.05) is 17.7 Å². The summed E-state index contributed by atoms with van der Waals surface area (Å²) in [5.74, 6) is -0.192. The van der Waals surface area contributed by atoms with Gasteiger partial charge in [0.1, 0.15) is 0 Å². The molecule has 134 valence electrons. The zero-order chi connectivity index (χ0) is 17.7. The van der Waals surface area contributed by atoms with Crippen LogP contribution in [-0.2, 0) is 19.6 Å². The summed E-state index contributed by atoms with van der Waals surface area (Å²) in [7, 11) is -3.36. The predicted octanol–water partition coefficient (Wildman–Crippen LogP) is 2.07. The molecule has 1 heterocycles. The molecule has 0 radical (unpaired) electrons. The van der Waals surface area contributed by atoms with Crippen LogP contribution in [0.1, 0.15) is 30.4 Å². The van der Waals surface area contributed by atoms with Crippen LogP contribution in [0.25, 0.3) is 0 Å². The van der Waals surface area contributed by atoms with Crippen LogP contribution in [0.2, 0.25) is 0 Å². The summed E-state index contributed by atoms with van der Waals surface area (Å²) in [6.07, 6.45) is 3.04. The van der Waals surface area contributed by atoms with Crippen LogP contribution in [0.3, 0.4) is 0 Å². The summed E-state index contributed by atoms with van der Waals surface area (Å²) in [5.41, 5.74) is 2.88. The van der Waals surface area contributed by atoms with E-state index in [4.69, 9.17) is 4.74 Å². The number of nitrogens with one attached hydrogen (secondary N) is 1. The third-order valence-electron chi connectivity index (χ3n) is 4.14. The molecule has 1 atom stereocenters. The highest BCUT2D eigenvalue weighted by Gasteiger charge is 2.25. The van der Waals surface area contributed by atoms with Gasteiger partial charge in [0.15, 0.2) is 0 Å². The number of hydrogen-bond donors (Lipinski definition) is 1. The Bertz CT molecular complexity index is 682. The number of carbonyl (C=O) groups excluding carboxylic acids is 1. The van der Waals surface area contributed by atoms with E-state index >= 15 is 0 Å². The van der Waals surface area contributed by atoms with Gasteiger partial charge in [-0.25, -0.2) is 8.42 Å². The predicted molar refractivity (Wildman–Crippen MR) is 94.6 cm³/mol. The minimum Gasteiger partial charge on any atom is -0.377 e. The zero-order valence-electron chi connectivity index (χ0n) is 14.5. The molecule has 0 bridgehead atoms. The maximum absolute atomic E-state index is 12.2. The number of nitrogens with zero attached hydrogens (tertiary/aromatic N) is 1. The van der Waals surface area contributed by atoms with Crippen LogP contribution in [0.4, 0.5) is 5.69 Å². The lowest BCUT2D eigenvalue weighted by atomic mass is 10.1. The largest absolute Gasteiger partial charge is 0.377 e. The third-order valence-corrected chi connectivity index (χ3v) is 5.41. The molecule has 1 aliphatic heterocycles. The zero-order valence-corrected chi connectivity index (χ0v) is 15.4. The normalized spacial score (nSPS) is 18.1. The Balaban J connectivity index is 1.91. The Hall–Kier alpha value is -1.44. The van der Waals surface area contributed by atoms with Crippen molar-refractivity contribution in [3.63, 3.8) is 0 Å². The molecule has 1 aromatic carbocycles. The fourth-order valence-electron chi connectivity index (χ4n) is 2.80. The van der Waals surface area contributed by atoms with E-state index in [9.17, 15) is 13.2 Å². The standard InChI is InChI=1S/C17H26N2O4S/c1-13-6-7-16(14(2)11-13)18-17(20)8-9-19(24(3,21)22)12-15-5-4-10-23-15/h6-7,11,15H,4-5,8-10,12H2,1-3H3,(H,18,20). The molecule has 0 aromatic heterocycles. The van der Waals surface area contributed by atoms with Crippen LogP contribution in [0.5, 0.6) is 0 Å². The third kappa shape index (κ3) is 5.58. The Labute approximate surface area is 144 Å². The van der Waals surface area contributed by atoms with Crippen LogP contribution >= 0.6 is 0 Å². The van der Waals surface area contributed by atoms with Gasteiger partial charge in [0.2, 0.25) is 15.9 Å². The molecule has 0 aliphatic carbocycles. The Morgan fingerprint density at radius 1 is 1.38 bits per heavy atom. The molecule has 6 nitrogen and oxygen atoms in total. The van der Waals surface area contributed by atoms with Gasteiger partial charge in [0.25, 0.3) is 0 Å². The number of aryl methyl sites for hydroxylation is 2. The number of sulfonamides is 1. The highest BCUT2D eigenvalue weighted by Crippen LogP contribution is 2.17. The number of benzene rings is 1. The first kappa shape index (κ1) is 18.9. The molecular weight excluding hydrogens is 328 g/mol. The minimum atomic E-state index is -3.36. The lowest BCUT2D eigenvalue weighted by Gasteiger charge is -2.22. The highest BCUT2D eigenvalue weighted by molar-refractivity contribution is 7.88. The van der Waals surface area contributed by atoms with Gasteiger partial charge in [-0.3, -0.25) is 4.79 Å². The fraction of sp³-hybridized carbons (Fsp3) is 0.588. The molecule has 0 saturated carbocycles. The van der Waals surface area contributed by atoms with Crippen molar-refractivity contribution in [3.8, 4) is 0 Å². The molecule has 1 aliphatic rings. The first-order valence-corrected chi connectivity index (χ1v) is 10.0. The van der Waals surface area contributed by atoms with Crippen molar-refractivity contribution in [2.45, 2.75) is 39.2 Å². The summed E-state index contributed by atoms with van der Waals surface area (Å²) >= 11 is 0. The monoisotopic (exact) mass is 354 g/mol. The number of ether oxygens (including phenoxy) is 1. The Morgan fingerprint density at radius 2 is 2.12 bits per heavy atom. The number of amides is 1. The highest BCUT2D eigenvalue weighted by atomic mass is 32.2. The van der Waals surface area contributed by atoms with Crippen molar-refractivity contribution in [2.24, 2.45) is 0 Å². The second kappa shape index (κ2) is 8.09. The van der Waals surface area contributed by atoms with Crippen molar-refractivity contribution in [3.05, 3.63) is 29.3 Å². The van der Waals surface area contributed by atoms with Gasteiger partial charge >= 0.3 is 0 Å². The topological polar surface area (TPSA) is 75.7 Å². The maximum atomic E-state index is 12.2. The lowest BCUT2D eigenvalue weighted by Crippen LogP contribution is -2.38. The second-order valence-corrected chi connectivity index (χ2v) is 8.36. The van der Waals surface area contributed by atoms with Crippen LogP contribution in [0.15, 0.2) is 18.2 Å². The minimum absolute atomic E-state index is 0.0675. The molecule has 1 N–H and O–H groups in total. The van der Waals surface area contributed by atoms with Crippen molar-refractivity contribution in [1.82, 2.24) is 4.31 Å². The molecular formula is C17H26N2O4S. The van der Waals surface area contributed by atoms with Gasteiger partial charge in [0, 0.05) is 31.8 Å². The van der Waals surface area contributed by atoms with E-state index in [1.165, 1.54) is 10.6 Å². The van der Waals surface area contributed by atoms with Crippen LogP contribution in [-0.4, -0.2) is 50.7 Å². The Morgan fingerprint density at radius 3 is 2.71 bits per heavy atom. The average Bonchev–Trinajstić information content (AvgIpc) is 2.98. The average molecular weight is 354 g/mol. The van der Waals surface area contributed by atoms with Gasteiger partial charge in [-0.2, -0.15) is 4.31 Å². The maximum Gasteiger partial charge on any atom is 0.225 e. The number of hydrogen-bond acceptors (Lipinski definition) is 4. The first-order valence-electron chi connectivity index (χ1n) is 8.19. The van der Waals surface area contributed by atoms with Gasteiger partial charge in [0.05, 0.1) is 12.4 Å². The molecule has 24 heavy (non-hydrogen) atoms. The Kier molecular flexibility index (Phi) is 6.37. The molecule has 1 saturated heterocycles. The van der Waals surface area contributed by atoms with E-state index in [0.29, 0.717) is 13.2 Å². The second-order valence-electron chi connectivity index (χ2n) is 6.37. The van der Waals surface area contributed by atoms with Gasteiger partial charge in [-0.05, 0) is 38.3 Å². The SMILES string of the molecule is Cc1ccc(NC(=O)CCN(CC2CCCO2)S(C)(=O)=O)c(C)c1. The van der Waals surface area contributed by atoms with E-state index in [1.807, 2.05) is 32.0 Å². The molecule has 1 aromatic rings. The van der Waals surface area contributed by atoms with Crippen molar-refractivity contribution >= 4 is 21.6 Å². The summed E-state index contributed by atoms with van der Waals surface area (Å²) in [5, 5.41) is 2.85. The van der Waals surface area contributed by atoms with Crippen molar-refractivity contribution < 1.29 is 17.9 Å². The summed E-state index contributed by atoms with van der Waals surface area (Å²) in [6, 6.07) is 5.79. The van der Waals surface area contributed by atoms with Crippen molar-refractivity contribution in [1.29, 1.82) is 0 Å². The molecule has 1 unspecified atom stereocenters. The summed E-state index contributed by atoms with van der Waals surface area (Å²) in [4.78, 5) is 12.2. The molecule has 0 spiro atoms.